The SMILES string of the molecule is Cc1ccc(C(N)=S)cc1OCC1CCCCO1. The zero-order valence-electron chi connectivity index (χ0n) is 10.6. The molecule has 0 aliphatic carbocycles. The second-order valence-corrected chi connectivity index (χ2v) is 5.08. The molecule has 0 saturated carbocycles. The summed E-state index contributed by atoms with van der Waals surface area (Å²) in [6.45, 7) is 3.46. The number of benzene rings is 1. The second kappa shape index (κ2) is 6.16. The van der Waals surface area contributed by atoms with E-state index in [2.05, 4.69) is 0 Å². The summed E-state index contributed by atoms with van der Waals surface area (Å²) in [6.07, 6.45) is 3.67. The van der Waals surface area contributed by atoms with Crippen molar-refractivity contribution >= 4 is 17.2 Å². The van der Waals surface area contributed by atoms with E-state index in [1.165, 1.54) is 6.42 Å². The molecule has 1 heterocycles. The normalized spacial score (nSPS) is 19.5. The maximum Gasteiger partial charge on any atom is 0.123 e. The smallest absolute Gasteiger partial charge is 0.123 e. The topological polar surface area (TPSA) is 44.5 Å². The Bertz CT molecular complexity index is 428. The van der Waals surface area contributed by atoms with Crippen molar-refractivity contribution in [1.82, 2.24) is 0 Å². The lowest BCUT2D eigenvalue weighted by Gasteiger charge is -2.23. The molecule has 18 heavy (non-hydrogen) atoms. The maximum atomic E-state index is 5.83. The summed E-state index contributed by atoms with van der Waals surface area (Å²) in [5, 5.41) is 0. The Hall–Kier alpha value is -1.13. The van der Waals surface area contributed by atoms with Crippen molar-refractivity contribution in [2.45, 2.75) is 32.3 Å². The third kappa shape index (κ3) is 3.43. The fourth-order valence-electron chi connectivity index (χ4n) is 2.03. The van der Waals surface area contributed by atoms with Gasteiger partial charge in [-0.1, -0.05) is 24.4 Å². The first-order chi connectivity index (χ1) is 8.66. The van der Waals surface area contributed by atoms with Crippen LogP contribution >= 0.6 is 12.2 Å². The summed E-state index contributed by atoms with van der Waals surface area (Å²) in [6, 6.07) is 5.80. The van der Waals surface area contributed by atoms with Crippen LogP contribution in [-0.4, -0.2) is 24.3 Å². The van der Waals surface area contributed by atoms with Crippen LogP contribution in [0.4, 0.5) is 0 Å². The van der Waals surface area contributed by atoms with E-state index < -0.39 is 0 Å². The molecule has 0 spiro atoms. The van der Waals surface area contributed by atoms with Crippen molar-refractivity contribution in [3.8, 4) is 5.75 Å². The average molecular weight is 265 g/mol. The molecule has 1 aliphatic heterocycles. The molecule has 1 aliphatic rings. The molecule has 0 radical (unpaired) electrons. The third-order valence-corrected chi connectivity index (χ3v) is 3.41. The standard InChI is InChI=1S/C14H19NO2S/c1-10-5-6-11(14(15)18)8-13(10)17-9-12-4-2-3-7-16-12/h5-6,8,12H,2-4,7,9H2,1H3,(H2,15,18). The first kappa shape index (κ1) is 13.3. The highest BCUT2D eigenvalue weighted by Crippen LogP contribution is 2.21. The van der Waals surface area contributed by atoms with Gasteiger partial charge in [0.1, 0.15) is 17.3 Å². The summed E-state index contributed by atoms with van der Waals surface area (Å²) in [7, 11) is 0. The van der Waals surface area contributed by atoms with Crippen LogP contribution in [-0.2, 0) is 4.74 Å². The highest BCUT2D eigenvalue weighted by Gasteiger charge is 2.15. The molecule has 1 saturated heterocycles. The molecule has 0 amide bonds. The van der Waals surface area contributed by atoms with Crippen molar-refractivity contribution in [1.29, 1.82) is 0 Å². The van der Waals surface area contributed by atoms with Crippen LogP contribution in [0.1, 0.15) is 30.4 Å². The van der Waals surface area contributed by atoms with Gasteiger partial charge < -0.3 is 15.2 Å². The van der Waals surface area contributed by atoms with Crippen LogP contribution in [0, 0.1) is 6.92 Å². The Morgan fingerprint density at radius 2 is 2.33 bits per heavy atom. The van der Waals surface area contributed by atoms with Crippen molar-refractivity contribution in [3.05, 3.63) is 29.3 Å². The fourth-order valence-corrected chi connectivity index (χ4v) is 2.16. The molecular formula is C14H19NO2S. The Morgan fingerprint density at radius 1 is 1.50 bits per heavy atom. The Balaban J connectivity index is 1.99. The molecule has 0 bridgehead atoms. The van der Waals surface area contributed by atoms with Crippen LogP contribution in [0.2, 0.25) is 0 Å². The molecule has 98 valence electrons. The highest BCUT2D eigenvalue weighted by atomic mass is 32.1. The van der Waals surface area contributed by atoms with Gasteiger partial charge in [0, 0.05) is 12.2 Å². The molecule has 3 nitrogen and oxygen atoms in total. The number of hydrogen-bond donors (Lipinski definition) is 1. The predicted octanol–water partition coefficient (Wildman–Crippen LogP) is 2.58. The first-order valence-electron chi connectivity index (χ1n) is 6.31. The van der Waals surface area contributed by atoms with Gasteiger partial charge in [-0.25, -0.2) is 0 Å². The Morgan fingerprint density at radius 3 is 3.00 bits per heavy atom. The van der Waals surface area contributed by atoms with Crippen LogP contribution in [0.15, 0.2) is 18.2 Å². The monoisotopic (exact) mass is 265 g/mol. The summed E-state index contributed by atoms with van der Waals surface area (Å²) in [4.78, 5) is 0.397. The summed E-state index contributed by atoms with van der Waals surface area (Å²) < 4.78 is 11.5. The first-order valence-corrected chi connectivity index (χ1v) is 6.72. The molecule has 2 N–H and O–H groups in total. The summed E-state index contributed by atoms with van der Waals surface area (Å²) >= 11 is 4.97. The van der Waals surface area contributed by atoms with E-state index in [0.29, 0.717) is 11.6 Å². The minimum Gasteiger partial charge on any atom is -0.491 e. The zero-order valence-corrected chi connectivity index (χ0v) is 11.5. The molecule has 1 fully saturated rings. The van der Waals surface area contributed by atoms with Gasteiger partial charge >= 0.3 is 0 Å². The number of rotatable bonds is 4. The van der Waals surface area contributed by atoms with Gasteiger partial charge in [-0.2, -0.15) is 0 Å². The zero-order chi connectivity index (χ0) is 13.0. The van der Waals surface area contributed by atoms with E-state index >= 15 is 0 Å². The van der Waals surface area contributed by atoms with Crippen LogP contribution in [0.3, 0.4) is 0 Å². The largest absolute Gasteiger partial charge is 0.491 e. The number of hydrogen-bond acceptors (Lipinski definition) is 3. The van der Waals surface area contributed by atoms with Gasteiger partial charge in [-0.3, -0.25) is 0 Å². The molecule has 1 aromatic carbocycles. The van der Waals surface area contributed by atoms with E-state index in [1.54, 1.807) is 0 Å². The molecule has 0 aromatic heterocycles. The van der Waals surface area contributed by atoms with Gasteiger partial charge in [-0.15, -0.1) is 0 Å². The summed E-state index contributed by atoms with van der Waals surface area (Å²) in [5.74, 6) is 0.842. The van der Waals surface area contributed by atoms with Gasteiger partial charge in [0.2, 0.25) is 0 Å². The quantitative estimate of drug-likeness (QED) is 0.850. The predicted molar refractivity (Wildman–Crippen MR) is 76.2 cm³/mol. The van der Waals surface area contributed by atoms with E-state index in [9.17, 15) is 0 Å². The van der Waals surface area contributed by atoms with Crippen molar-refractivity contribution in [2.75, 3.05) is 13.2 Å². The minimum atomic E-state index is 0.214. The Labute approximate surface area is 113 Å². The fraction of sp³-hybridized carbons (Fsp3) is 0.500. The van der Waals surface area contributed by atoms with E-state index in [4.69, 9.17) is 27.4 Å². The Kier molecular flexibility index (Phi) is 4.55. The van der Waals surface area contributed by atoms with Gasteiger partial charge in [0.05, 0.1) is 6.10 Å². The van der Waals surface area contributed by atoms with E-state index in [0.717, 1.165) is 36.3 Å². The maximum absolute atomic E-state index is 5.83. The number of thiocarbonyl (C=S) groups is 1. The van der Waals surface area contributed by atoms with Gasteiger partial charge in [0.25, 0.3) is 0 Å². The number of ether oxygens (including phenoxy) is 2. The van der Waals surface area contributed by atoms with E-state index in [1.807, 2.05) is 25.1 Å². The molecule has 4 heteroatoms. The van der Waals surface area contributed by atoms with Crippen molar-refractivity contribution in [2.24, 2.45) is 5.73 Å². The lowest BCUT2D eigenvalue weighted by atomic mass is 10.1. The van der Waals surface area contributed by atoms with Gasteiger partial charge in [0.15, 0.2) is 0 Å². The number of nitrogens with two attached hydrogens (primary N) is 1. The minimum absolute atomic E-state index is 0.214. The number of aryl methyl sites for hydroxylation is 1. The van der Waals surface area contributed by atoms with Crippen LogP contribution < -0.4 is 10.5 Å². The molecule has 1 atom stereocenters. The highest BCUT2D eigenvalue weighted by molar-refractivity contribution is 7.80. The average Bonchev–Trinajstić information content (AvgIpc) is 2.38. The van der Waals surface area contributed by atoms with Gasteiger partial charge in [-0.05, 0) is 37.8 Å². The molecule has 2 rings (SSSR count). The molecule has 1 unspecified atom stereocenters. The summed E-state index contributed by atoms with van der Waals surface area (Å²) in [5.41, 5.74) is 7.55. The molecule has 1 aromatic rings. The van der Waals surface area contributed by atoms with Crippen molar-refractivity contribution in [3.63, 3.8) is 0 Å². The second-order valence-electron chi connectivity index (χ2n) is 4.64. The molecular weight excluding hydrogens is 246 g/mol. The van der Waals surface area contributed by atoms with Crippen LogP contribution in [0.5, 0.6) is 5.75 Å². The van der Waals surface area contributed by atoms with E-state index in [-0.39, 0.29) is 6.10 Å². The van der Waals surface area contributed by atoms with Crippen LogP contribution in [0.25, 0.3) is 0 Å². The lowest BCUT2D eigenvalue weighted by molar-refractivity contribution is -0.0111. The van der Waals surface area contributed by atoms with Crippen molar-refractivity contribution < 1.29 is 9.47 Å². The third-order valence-electron chi connectivity index (χ3n) is 3.17. The lowest BCUT2D eigenvalue weighted by Crippen LogP contribution is -2.26.